The average molecular weight is 987 g/mol. The molecule has 4 aromatic rings. The number of hydrogen-bond donors (Lipinski definition) is 5. The van der Waals surface area contributed by atoms with Crippen molar-refractivity contribution in [1.29, 1.82) is 0 Å². The zero-order valence-electron chi connectivity index (χ0n) is 41.1. The third-order valence-electron chi connectivity index (χ3n) is 11.8. The van der Waals surface area contributed by atoms with Gasteiger partial charge in [-0.25, -0.2) is 23.5 Å². The number of amides is 5. The number of alkyl carbamates (subject to hydrolysis) is 1. The molecule has 2 heterocycles. The smallest absolute Gasteiger partial charge is 0.453 e. The molecule has 1 saturated heterocycles. The molecule has 1 aliphatic rings. The fourth-order valence-corrected chi connectivity index (χ4v) is 9.45. The van der Waals surface area contributed by atoms with Gasteiger partial charge >= 0.3 is 26.1 Å². The van der Waals surface area contributed by atoms with Crippen LogP contribution < -0.4 is 16.0 Å². The van der Waals surface area contributed by atoms with Crippen LogP contribution in [0.25, 0.3) is 11.3 Å². The molecular formula is C51H67N6O12P. The van der Waals surface area contributed by atoms with E-state index in [2.05, 4.69) is 20.9 Å². The summed E-state index contributed by atoms with van der Waals surface area (Å²) in [4.78, 5) is 87.8. The van der Waals surface area contributed by atoms with Gasteiger partial charge in [0.2, 0.25) is 18.1 Å². The largest absolute Gasteiger partial charge is 0.508 e. The Kier molecular flexibility index (Phi) is 19.1. The Morgan fingerprint density at radius 1 is 0.771 bits per heavy atom. The van der Waals surface area contributed by atoms with E-state index < -0.39 is 79.1 Å². The van der Waals surface area contributed by atoms with Crippen LogP contribution in [-0.2, 0) is 52.1 Å². The van der Waals surface area contributed by atoms with E-state index >= 15 is 4.79 Å². The van der Waals surface area contributed by atoms with Gasteiger partial charge in [-0.15, -0.1) is 0 Å². The number of carboxylic acid groups (broad SMARTS) is 1. The Hall–Kier alpha value is -6.33. The first-order valence-corrected chi connectivity index (χ1v) is 24.7. The second-order valence-electron chi connectivity index (χ2n) is 19.4. The first kappa shape index (κ1) is 54.6. The van der Waals surface area contributed by atoms with Crippen molar-refractivity contribution in [2.45, 2.75) is 105 Å². The van der Waals surface area contributed by atoms with Gasteiger partial charge in [0.25, 0.3) is 0 Å². The highest BCUT2D eigenvalue weighted by Crippen LogP contribution is 2.47. The van der Waals surface area contributed by atoms with Crippen LogP contribution in [0.1, 0.15) is 71.6 Å². The first-order valence-electron chi connectivity index (χ1n) is 23.2. The van der Waals surface area contributed by atoms with Crippen LogP contribution in [0.5, 0.6) is 0 Å². The fraction of sp³-hybridized carbons (Fsp3) is 0.451. The van der Waals surface area contributed by atoms with Gasteiger partial charge in [-0.05, 0) is 65.8 Å². The van der Waals surface area contributed by atoms with Crippen LogP contribution in [0.4, 0.5) is 14.4 Å². The molecule has 5 rings (SSSR count). The van der Waals surface area contributed by atoms with E-state index in [1.165, 1.54) is 18.9 Å². The normalized spacial score (nSPS) is 16.4. The van der Waals surface area contributed by atoms with E-state index in [1.807, 2.05) is 87.5 Å². The summed E-state index contributed by atoms with van der Waals surface area (Å²) in [5.41, 5.74) is 2.12. The molecule has 5 N–H and O–H groups in total. The lowest BCUT2D eigenvalue weighted by atomic mass is 9.82. The van der Waals surface area contributed by atoms with E-state index in [4.69, 9.17) is 18.5 Å². The topological polar surface area (TPSA) is 235 Å². The number of carbonyl (C=O) groups excluding carboxylic acids is 4. The van der Waals surface area contributed by atoms with Crippen LogP contribution in [0.2, 0.25) is 0 Å². The molecule has 0 bridgehead atoms. The maximum atomic E-state index is 15.2. The molecule has 19 heteroatoms. The van der Waals surface area contributed by atoms with Crippen molar-refractivity contribution < 1.29 is 57.1 Å². The Labute approximate surface area is 410 Å². The van der Waals surface area contributed by atoms with E-state index in [9.17, 15) is 33.7 Å². The van der Waals surface area contributed by atoms with Gasteiger partial charge in [-0.3, -0.25) is 19.1 Å². The molecule has 0 saturated carbocycles. The Bertz CT molecular complexity index is 2400. The van der Waals surface area contributed by atoms with Crippen molar-refractivity contribution in [3.05, 3.63) is 126 Å². The molecule has 0 aliphatic carbocycles. The van der Waals surface area contributed by atoms with Crippen molar-refractivity contribution in [3.8, 4) is 11.3 Å². The average Bonchev–Trinajstić information content (AvgIpc) is 3.64. The minimum atomic E-state index is -5.07. The number of rotatable bonds is 22. The number of methoxy groups -OCH3 is 1. The van der Waals surface area contributed by atoms with Gasteiger partial charge < -0.3 is 45.2 Å². The number of nitrogens with zero attached hydrogens (tertiary/aromatic N) is 3. The van der Waals surface area contributed by atoms with E-state index in [-0.39, 0.29) is 38.4 Å². The number of carbonyl (C=O) groups is 5. The molecule has 70 heavy (non-hydrogen) atoms. The Morgan fingerprint density at radius 3 is 1.94 bits per heavy atom. The number of benzene rings is 3. The van der Waals surface area contributed by atoms with Gasteiger partial charge in [-0.2, -0.15) is 0 Å². The molecule has 1 aliphatic heterocycles. The first-order chi connectivity index (χ1) is 33.1. The molecule has 18 nitrogen and oxygen atoms in total. The van der Waals surface area contributed by atoms with Crippen molar-refractivity contribution in [2.75, 3.05) is 26.8 Å². The summed E-state index contributed by atoms with van der Waals surface area (Å²) in [6.07, 6.45) is -3.35. The predicted molar refractivity (Wildman–Crippen MR) is 262 cm³/mol. The van der Waals surface area contributed by atoms with Crippen molar-refractivity contribution >= 4 is 37.9 Å². The molecular weight excluding hydrogens is 920 g/mol. The predicted octanol–water partition coefficient (Wildman–Crippen LogP) is 7.81. The van der Waals surface area contributed by atoms with Gasteiger partial charge in [0, 0.05) is 49.4 Å². The minimum absolute atomic E-state index is 0.0106. The van der Waals surface area contributed by atoms with Crippen molar-refractivity contribution in [2.24, 2.45) is 16.7 Å². The molecule has 5 amide bonds. The fourth-order valence-electron chi connectivity index (χ4n) is 8.60. The number of phosphoric ester groups is 1. The molecule has 378 valence electrons. The molecule has 1 aromatic heterocycles. The van der Waals surface area contributed by atoms with E-state index in [1.54, 1.807) is 68.3 Å². The van der Waals surface area contributed by atoms with Crippen LogP contribution >= 0.6 is 7.82 Å². The zero-order valence-corrected chi connectivity index (χ0v) is 42.0. The summed E-state index contributed by atoms with van der Waals surface area (Å²) >= 11 is 0. The zero-order chi connectivity index (χ0) is 51.2. The number of nitrogens with one attached hydrogen (secondary N) is 3. The van der Waals surface area contributed by atoms with Crippen LogP contribution in [0.3, 0.4) is 0 Å². The monoisotopic (exact) mass is 986 g/mol. The van der Waals surface area contributed by atoms with Crippen molar-refractivity contribution in [3.63, 3.8) is 0 Å². The summed E-state index contributed by atoms with van der Waals surface area (Å²) in [7, 11) is -3.89. The number of pyridine rings is 1. The Balaban J connectivity index is 1.64. The third-order valence-corrected chi connectivity index (χ3v) is 12.9. The summed E-state index contributed by atoms with van der Waals surface area (Å²) in [6.45, 7) is 12.8. The number of ether oxygens (including phenoxy) is 2. The van der Waals surface area contributed by atoms with E-state index in [0.717, 1.165) is 16.8 Å². The Morgan fingerprint density at radius 2 is 1.39 bits per heavy atom. The van der Waals surface area contributed by atoms with Gasteiger partial charge in [0.05, 0.1) is 19.4 Å². The summed E-state index contributed by atoms with van der Waals surface area (Å²) in [5.74, 6) is -2.60. The maximum Gasteiger partial charge on any atom is 0.508 e. The summed E-state index contributed by atoms with van der Waals surface area (Å²) < 4.78 is 34.5. The van der Waals surface area contributed by atoms with Gasteiger partial charge in [-0.1, -0.05) is 133 Å². The lowest BCUT2D eigenvalue weighted by Gasteiger charge is -2.40. The lowest BCUT2D eigenvalue weighted by Crippen LogP contribution is -2.59. The maximum absolute atomic E-state index is 15.2. The van der Waals surface area contributed by atoms with E-state index in [0.29, 0.717) is 24.2 Å². The minimum Gasteiger partial charge on any atom is -0.453 e. The highest BCUT2D eigenvalue weighted by molar-refractivity contribution is 7.47. The summed E-state index contributed by atoms with van der Waals surface area (Å²) in [5, 5.41) is 19.0. The molecule has 7 atom stereocenters. The number of aromatic nitrogens is 1. The van der Waals surface area contributed by atoms with Crippen molar-refractivity contribution in [1.82, 2.24) is 30.7 Å². The quantitative estimate of drug-likeness (QED) is 0.0288. The molecule has 3 aromatic carbocycles. The molecule has 0 spiro atoms. The molecule has 2 unspecified atom stereocenters. The highest BCUT2D eigenvalue weighted by Gasteiger charge is 2.47. The van der Waals surface area contributed by atoms with Crippen LogP contribution in [0.15, 0.2) is 109 Å². The highest BCUT2D eigenvalue weighted by atomic mass is 31.2. The van der Waals surface area contributed by atoms with Crippen LogP contribution in [-0.4, -0.2) is 112 Å². The van der Waals surface area contributed by atoms with Gasteiger partial charge in [0.15, 0.2) is 0 Å². The lowest BCUT2D eigenvalue weighted by molar-refractivity contribution is -0.135. The third kappa shape index (κ3) is 15.9. The molecule has 1 fully saturated rings. The van der Waals surface area contributed by atoms with Gasteiger partial charge in [0.1, 0.15) is 12.1 Å². The SMILES string of the molecule is CCOP(=O)(O)O[C@H](OC(=O)O)C(C[C@@H](Cc1ccc(-c2ccccn2)cc1)NC(=O)[C@@H](NC(=O)OC)C(C)(C)C)[C@H](Cc1ccccc1)NC(=O)[C@@H](N1CCN(Cc2ccccc2)C1=O)C(C)(C)C. The number of hydrogen-bond acceptors (Lipinski definition) is 11. The second-order valence-corrected chi connectivity index (χ2v) is 20.8. The second kappa shape index (κ2) is 24.5. The number of urea groups is 1. The number of phosphoric acid groups is 1. The standard InChI is InChI=1S/C51H67N6O12P/c1-9-67-70(64,65)69-46(68-49(62)63)39(32-38(53-44(58)42(50(2,3)4)55-47(60)66-8)30-35-23-25-37(26-24-35)40-22-16-17-27-52-40)41(31-34-18-12-10-13-19-34)54-45(59)43(51(5,6)7)57-29-28-56(48(57)61)33-36-20-14-11-15-21-36/h10-27,38-39,41-43,46H,9,28-33H2,1-8H3,(H,53,58)(H,54,59)(H,55,60)(H,62,63)(H,64,65)/t38-,39?,41+,42-,43-,46+/m1/s1. The van der Waals surface area contributed by atoms with Crippen LogP contribution in [0, 0.1) is 16.7 Å². The summed E-state index contributed by atoms with van der Waals surface area (Å²) in [6, 6.07) is 26.6. The molecule has 0 radical (unpaired) electrons.